The number of hydrogen-bond acceptors (Lipinski definition) is 2. The number of rotatable bonds is 3. The standard InChI is InChI=1S/C16H14N4/c17-8-12-1-4-16-13(7-12)5-6-19(16)10-15-9-18-11-20(15)14-2-3-14/h1,4-7,9,11,14H,2-3,10H2. The number of imidazole rings is 1. The first-order valence-electron chi connectivity index (χ1n) is 6.85. The highest BCUT2D eigenvalue weighted by Gasteiger charge is 2.25. The molecule has 0 N–H and O–H groups in total. The third kappa shape index (κ3) is 1.79. The van der Waals surface area contributed by atoms with E-state index >= 15 is 0 Å². The van der Waals surface area contributed by atoms with E-state index in [0.29, 0.717) is 11.6 Å². The lowest BCUT2D eigenvalue weighted by atomic mass is 10.2. The Kier molecular flexibility index (Phi) is 2.40. The summed E-state index contributed by atoms with van der Waals surface area (Å²) < 4.78 is 4.50. The summed E-state index contributed by atoms with van der Waals surface area (Å²) in [6.07, 6.45) is 8.50. The minimum Gasteiger partial charge on any atom is -0.341 e. The molecule has 0 aliphatic heterocycles. The minimum absolute atomic E-state index is 0.652. The number of aromatic nitrogens is 3. The summed E-state index contributed by atoms with van der Waals surface area (Å²) in [5.41, 5.74) is 3.11. The van der Waals surface area contributed by atoms with Crippen molar-refractivity contribution in [2.45, 2.75) is 25.4 Å². The average molecular weight is 262 g/mol. The molecule has 0 spiro atoms. The zero-order valence-corrected chi connectivity index (χ0v) is 11.0. The van der Waals surface area contributed by atoms with Gasteiger partial charge >= 0.3 is 0 Å². The van der Waals surface area contributed by atoms with Gasteiger partial charge in [0.25, 0.3) is 0 Å². The van der Waals surface area contributed by atoms with Crippen LogP contribution in [0.2, 0.25) is 0 Å². The van der Waals surface area contributed by atoms with Gasteiger partial charge in [-0.05, 0) is 37.1 Å². The second kappa shape index (κ2) is 4.24. The van der Waals surface area contributed by atoms with Crippen LogP contribution in [-0.4, -0.2) is 14.1 Å². The molecule has 1 saturated carbocycles. The van der Waals surface area contributed by atoms with Crippen LogP contribution in [-0.2, 0) is 6.54 Å². The van der Waals surface area contributed by atoms with Crippen LogP contribution < -0.4 is 0 Å². The molecule has 0 atom stereocenters. The smallest absolute Gasteiger partial charge is 0.0991 e. The van der Waals surface area contributed by atoms with Crippen molar-refractivity contribution in [2.24, 2.45) is 0 Å². The second-order valence-corrected chi connectivity index (χ2v) is 5.35. The fourth-order valence-electron chi connectivity index (χ4n) is 2.72. The first-order chi connectivity index (χ1) is 9.85. The summed E-state index contributed by atoms with van der Waals surface area (Å²) >= 11 is 0. The van der Waals surface area contributed by atoms with E-state index in [0.717, 1.165) is 17.4 Å². The molecule has 0 saturated heterocycles. The summed E-state index contributed by atoms with van der Waals surface area (Å²) in [5.74, 6) is 0. The van der Waals surface area contributed by atoms with Crippen LogP contribution in [0.5, 0.6) is 0 Å². The molecule has 98 valence electrons. The predicted octanol–water partition coefficient (Wildman–Crippen LogP) is 3.09. The average Bonchev–Trinajstić information content (AvgIpc) is 3.09. The molecular formula is C16H14N4. The van der Waals surface area contributed by atoms with Gasteiger partial charge in [-0.1, -0.05) is 0 Å². The molecule has 4 heteroatoms. The molecule has 1 aliphatic carbocycles. The van der Waals surface area contributed by atoms with Gasteiger partial charge in [-0.15, -0.1) is 0 Å². The van der Waals surface area contributed by atoms with E-state index < -0.39 is 0 Å². The van der Waals surface area contributed by atoms with Crippen LogP contribution in [0.25, 0.3) is 10.9 Å². The van der Waals surface area contributed by atoms with E-state index in [4.69, 9.17) is 5.26 Å². The Morgan fingerprint density at radius 1 is 1.30 bits per heavy atom. The Morgan fingerprint density at radius 2 is 2.20 bits per heavy atom. The number of benzene rings is 1. The molecule has 0 radical (unpaired) electrons. The molecule has 0 unspecified atom stereocenters. The molecule has 20 heavy (non-hydrogen) atoms. The van der Waals surface area contributed by atoms with Crippen molar-refractivity contribution in [3.05, 3.63) is 54.2 Å². The lowest BCUT2D eigenvalue weighted by Gasteiger charge is -2.09. The first kappa shape index (κ1) is 11.3. The first-order valence-corrected chi connectivity index (χ1v) is 6.85. The molecule has 0 bridgehead atoms. The maximum atomic E-state index is 8.95. The fourth-order valence-corrected chi connectivity index (χ4v) is 2.72. The van der Waals surface area contributed by atoms with Crippen LogP contribution in [0.15, 0.2) is 43.0 Å². The van der Waals surface area contributed by atoms with E-state index in [2.05, 4.69) is 32.5 Å². The molecule has 1 aliphatic rings. The highest BCUT2D eigenvalue weighted by molar-refractivity contribution is 5.81. The van der Waals surface area contributed by atoms with E-state index in [-0.39, 0.29) is 0 Å². The SMILES string of the molecule is N#Cc1ccc2c(ccn2Cc2cncn2C2CC2)c1. The second-order valence-electron chi connectivity index (χ2n) is 5.35. The monoisotopic (exact) mass is 262 g/mol. The molecule has 4 rings (SSSR count). The van der Waals surface area contributed by atoms with Crippen LogP contribution in [0.1, 0.15) is 30.1 Å². The lowest BCUT2D eigenvalue weighted by Crippen LogP contribution is -2.04. The molecule has 0 amide bonds. The van der Waals surface area contributed by atoms with Crippen molar-refractivity contribution in [3.8, 4) is 6.07 Å². The molecule has 2 aromatic heterocycles. The largest absolute Gasteiger partial charge is 0.341 e. The Balaban J connectivity index is 1.72. The number of nitrogens with zero attached hydrogens (tertiary/aromatic N) is 4. The zero-order chi connectivity index (χ0) is 13.5. The van der Waals surface area contributed by atoms with Crippen molar-refractivity contribution in [1.29, 1.82) is 5.26 Å². The summed E-state index contributed by atoms with van der Waals surface area (Å²) in [6.45, 7) is 0.825. The highest BCUT2D eigenvalue weighted by Crippen LogP contribution is 2.35. The minimum atomic E-state index is 0.652. The summed E-state index contributed by atoms with van der Waals surface area (Å²) in [4.78, 5) is 4.28. The van der Waals surface area contributed by atoms with Crippen LogP contribution in [0.3, 0.4) is 0 Å². The van der Waals surface area contributed by atoms with Crippen LogP contribution in [0.4, 0.5) is 0 Å². The van der Waals surface area contributed by atoms with Gasteiger partial charge < -0.3 is 9.13 Å². The van der Waals surface area contributed by atoms with E-state index in [1.54, 1.807) is 0 Å². The third-order valence-corrected chi connectivity index (χ3v) is 3.92. The Bertz CT molecular complexity index is 814. The van der Waals surface area contributed by atoms with E-state index in [9.17, 15) is 0 Å². The zero-order valence-electron chi connectivity index (χ0n) is 11.0. The van der Waals surface area contributed by atoms with Gasteiger partial charge in [0.2, 0.25) is 0 Å². The third-order valence-electron chi connectivity index (χ3n) is 3.92. The van der Waals surface area contributed by atoms with Gasteiger partial charge in [0.1, 0.15) is 0 Å². The molecule has 1 fully saturated rings. The fraction of sp³-hybridized carbons (Fsp3) is 0.250. The van der Waals surface area contributed by atoms with Gasteiger partial charge in [0.15, 0.2) is 0 Å². The van der Waals surface area contributed by atoms with Crippen LogP contribution in [0, 0.1) is 11.3 Å². The lowest BCUT2D eigenvalue weighted by molar-refractivity contribution is 0.665. The van der Waals surface area contributed by atoms with Crippen LogP contribution >= 0.6 is 0 Å². The Morgan fingerprint density at radius 3 is 3.00 bits per heavy atom. The maximum absolute atomic E-state index is 8.95. The van der Waals surface area contributed by atoms with E-state index in [1.165, 1.54) is 18.5 Å². The molecular weight excluding hydrogens is 248 g/mol. The number of nitriles is 1. The van der Waals surface area contributed by atoms with Gasteiger partial charge in [-0.3, -0.25) is 0 Å². The quantitative estimate of drug-likeness (QED) is 0.728. The van der Waals surface area contributed by atoms with E-state index in [1.807, 2.05) is 30.7 Å². The Hall–Kier alpha value is -2.54. The topological polar surface area (TPSA) is 46.5 Å². The number of hydrogen-bond donors (Lipinski definition) is 0. The normalized spacial score (nSPS) is 14.6. The molecule has 4 nitrogen and oxygen atoms in total. The molecule has 1 aromatic carbocycles. The summed E-state index contributed by atoms with van der Waals surface area (Å²) in [6, 6.07) is 10.7. The molecule has 3 aromatic rings. The van der Waals surface area contributed by atoms with Crippen molar-refractivity contribution >= 4 is 10.9 Å². The maximum Gasteiger partial charge on any atom is 0.0991 e. The summed E-state index contributed by atoms with van der Waals surface area (Å²) in [7, 11) is 0. The van der Waals surface area contributed by atoms with Crippen molar-refractivity contribution in [1.82, 2.24) is 14.1 Å². The van der Waals surface area contributed by atoms with Gasteiger partial charge in [-0.25, -0.2) is 4.98 Å². The van der Waals surface area contributed by atoms with Crippen molar-refractivity contribution in [2.75, 3.05) is 0 Å². The molecule has 2 heterocycles. The van der Waals surface area contributed by atoms with Crippen molar-refractivity contribution < 1.29 is 0 Å². The van der Waals surface area contributed by atoms with Crippen molar-refractivity contribution in [3.63, 3.8) is 0 Å². The summed E-state index contributed by atoms with van der Waals surface area (Å²) in [5, 5.41) is 10.1. The predicted molar refractivity (Wildman–Crippen MR) is 76.3 cm³/mol. The highest BCUT2D eigenvalue weighted by atomic mass is 15.1. The van der Waals surface area contributed by atoms with Gasteiger partial charge in [0, 0.05) is 29.3 Å². The number of fused-ring (bicyclic) bond motifs is 1. The van der Waals surface area contributed by atoms with Gasteiger partial charge in [0.05, 0.1) is 30.2 Å². The Labute approximate surface area is 116 Å². The van der Waals surface area contributed by atoms with Gasteiger partial charge in [-0.2, -0.15) is 5.26 Å².